The molecule has 0 unspecified atom stereocenters. The van der Waals surface area contributed by atoms with E-state index < -0.39 is 43.7 Å². The van der Waals surface area contributed by atoms with Crippen molar-refractivity contribution in [2.75, 3.05) is 27.4 Å². The maximum Gasteiger partial charge on any atom is 0.495 e. The molecule has 31 heavy (non-hydrogen) atoms. The molecule has 2 rings (SSSR count). The third-order valence-corrected chi connectivity index (χ3v) is 3.99. The fourth-order valence-electron chi connectivity index (χ4n) is 2.49. The Morgan fingerprint density at radius 2 is 1.77 bits per heavy atom. The van der Waals surface area contributed by atoms with Crippen molar-refractivity contribution in [3.8, 4) is 5.75 Å². The average Bonchev–Trinajstić information content (AvgIpc) is 3.12. The molecule has 9 nitrogen and oxygen atoms in total. The first-order chi connectivity index (χ1) is 14.6. The number of hydrogen-bond donors (Lipinski definition) is 1. The maximum atomic E-state index is 11.9. The summed E-state index contributed by atoms with van der Waals surface area (Å²) >= 11 is 0. The van der Waals surface area contributed by atoms with Crippen LogP contribution in [0.3, 0.4) is 0 Å². The topological polar surface area (TPSA) is 107 Å². The summed E-state index contributed by atoms with van der Waals surface area (Å²) in [6, 6.07) is 5.37. The molecule has 0 radical (unpaired) electrons. The van der Waals surface area contributed by atoms with Crippen molar-refractivity contribution in [3.05, 3.63) is 30.0 Å². The molecule has 1 aromatic carbocycles. The number of H-pyrrole nitrogens is 1. The number of aromatic nitrogens is 1. The van der Waals surface area contributed by atoms with Crippen LogP contribution in [0.1, 0.15) is 18.4 Å². The van der Waals surface area contributed by atoms with Crippen LogP contribution in [0.5, 0.6) is 5.75 Å². The van der Waals surface area contributed by atoms with Crippen LogP contribution in [0.15, 0.2) is 24.4 Å². The zero-order chi connectivity index (χ0) is 23.0. The van der Waals surface area contributed by atoms with Crippen LogP contribution in [0, 0.1) is 0 Å². The second-order valence-corrected chi connectivity index (χ2v) is 6.65. The number of fused-ring (bicyclic) bond motifs is 1. The molecular weight excluding hydrogens is 425 g/mol. The lowest BCUT2D eigenvalue weighted by Crippen LogP contribution is -2.26. The predicted octanol–water partition coefficient (Wildman–Crippen LogP) is 2.50. The fourth-order valence-corrected chi connectivity index (χ4v) is 2.49. The third kappa shape index (κ3) is 7.48. The quantitative estimate of drug-likeness (QED) is 0.271. The third-order valence-electron chi connectivity index (χ3n) is 3.99. The van der Waals surface area contributed by atoms with Crippen molar-refractivity contribution in [3.63, 3.8) is 0 Å². The second kappa shape index (κ2) is 10.7. The van der Waals surface area contributed by atoms with Crippen molar-refractivity contribution in [1.82, 2.24) is 9.88 Å². The van der Waals surface area contributed by atoms with Crippen LogP contribution < -0.4 is 4.74 Å². The molecule has 1 heterocycles. The number of carbonyl (C=O) groups is 3. The minimum Gasteiger partial charge on any atom is -0.457 e. The maximum absolute atomic E-state index is 11.9. The monoisotopic (exact) mass is 446 g/mol. The summed E-state index contributed by atoms with van der Waals surface area (Å²) in [7, 11) is 3.92. The molecule has 0 saturated carbocycles. The lowest BCUT2D eigenvalue weighted by molar-refractivity contribution is -0.285. The molecule has 170 valence electrons. The van der Waals surface area contributed by atoms with E-state index in [1.165, 1.54) is 0 Å². The Hall–Kier alpha value is -3.28. The minimum atomic E-state index is -5.30. The van der Waals surface area contributed by atoms with Gasteiger partial charge in [-0.25, -0.2) is 19.4 Å². The summed E-state index contributed by atoms with van der Waals surface area (Å²) in [5.41, 5.74) is 1.88. The first-order valence-corrected chi connectivity index (χ1v) is 9.08. The number of rotatable bonds is 9. The second-order valence-electron chi connectivity index (χ2n) is 6.65. The normalized spacial score (nSPS) is 11.4. The van der Waals surface area contributed by atoms with E-state index in [2.05, 4.69) is 14.8 Å². The standard InChI is InChI=1S/C19H21F3N2O7/c1-24(2)9-8-12-10-23-13-4-3-5-14(17(12)13)28-11-29-15(25)6-7-16(26)30-31-18(27)19(20,21)22/h3-5,10,23H,6-9,11H2,1-2H3. The summed E-state index contributed by atoms with van der Waals surface area (Å²) in [5, 5.41) is 0.857. The molecule has 2 aromatic rings. The Bertz CT molecular complexity index is 925. The number of nitrogens with one attached hydrogen (secondary N) is 1. The van der Waals surface area contributed by atoms with E-state index in [1.807, 2.05) is 31.3 Å². The molecule has 0 aliphatic rings. The highest BCUT2D eigenvalue weighted by molar-refractivity contribution is 5.89. The van der Waals surface area contributed by atoms with Crippen LogP contribution in [0.25, 0.3) is 10.9 Å². The molecule has 0 spiro atoms. The number of carbonyl (C=O) groups excluding carboxylic acids is 3. The van der Waals surface area contributed by atoms with Crippen LogP contribution in [-0.2, 0) is 35.3 Å². The Morgan fingerprint density at radius 3 is 2.45 bits per heavy atom. The number of hydrogen-bond acceptors (Lipinski definition) is 8. The van der Waals surface area contributed by atoms with Crippen LogP contribution in [0.4, 0.5) is 13.2 Å². The number of aromatic amines is 1. The van der Waals surface area contributed by atoms with Gasteiger partial charge in [0.05, 0.1) is 12.8 Å². The predicted molar refractivity (Wildman–Crippen MR) is 99.6 cm³/mol. The van der Waals surface area contributed by atoms with Gasteiger partial charge in [-0.05, 0) is 38.2 Å². The summed E-state index contributed by atoms with van der Waals surface area (Å²) in [4.78, 5) is 45.5. The Kier molecular flexibility index (Phi) is 8.25. The van der Waals surface area contributed by atoms with Gasteiger partial charge in [-0.3, -0.25) is 4.79 Å². The molecular formula is C19H21F3N2O7. The van der Waals surface area contributed by atoms with E-state index in [0.29, 0.717) is 5.75 Å². The number of likely N-dealkylation sites (N-methyl/N-ethyl adjacent to an activating group) is 1. The highest BCUT2D eigenvalue weighted by atomic mass is 19.4. The van der Waals surface area contributed by atoms with Crippen LogP contribution in [-0.4, -0.2) is 61.4 Å². The summed E-state index contributed by atoms with van der Waals surface area (Å²) in [6.45, 7) is 0.388. The Labute approximate surface area is 174 Å². The van der Waals surface area contributed by atoms with Gasteiger partial charge in [0.15, 0.2) is 0 Å². The van der Waals surface area contributed by atoms with Crippen molar-refractivity contribution >= 4 is 28.8 Å². The molecule has 12 heteroatoms. The van der Waals surface area contributed by atoms with Gasteiger partial charge in [-0.2, -0.15) is 13.2 Å². The van der Waals surface area contributed by atoms with E-state index in [9.17, 15) is 27.6 Å². The van der Waals surface area contributed by atoms with E-state index in [4.69, 9.17) is 9.47 Å². The number of nitrogens with zero attached hydrogens (tertiary/aromatic N) is 1. The summed E-state index contributed by atoms with van der Waals surface area (Å²) in [6.07, 6.45) is -3.80. The van der Waals surface area contributed by atoms with Gasteiger partial charge in [-0.15, -0.1) is 0 Å². The van der Waals surface area contributed by atoms with Gasteiger partial charge in [0.1, 0.15) is 5.75 Å². The first-order valence-electron chi connectivity index (χ1n) is 9.08. The lowest BCUT2D eigenvalue weighted by Gasteiger charge is -2.11. The average molecular weight is 446 g/mol. The fraction of sp³-hybridized carbons (Fsp3) is 0.421. The number of ether oxygens (including phenoxy) is 2. The molecule has 1 aromatic heterocycles. The van der Waals surface area contributed by atoms with Crippen molar-refractivity contribution < 1.29 is 46.8 Å². The largest absolute Gasteiger partial charge is 0.495 e. The SMILES string of the molecule is CN(C)CCc1c[nH]c2cccc(OCOC(=O)CCC(=O)OOC(=O)C(F)(F)F)c12. The summed E-state index contributed by atoms with van der Waals surface area (Å²) in [5.74, 6) is -4.37. The lowest BCUT2D eigenvalue weighted by atomic mass is 10.1. The van der Waals surface area contributed by atoms with Gasteiger partial charge in [0.25, 0.3) is 0 Å². The molecule has 0 saturated heterocycles. The Morgan fingerprint density at radius 1 is 1.06 bits per heavy atom. The van der Waals surface area contributed by atoms with Crippen molar-refractivity contribution in [2.24, 2.45) is 0 Å². The molecule has 0 bridgehead atoms. The van der Waals surface area contributed by atoms with E-state index in [0.717, 1.165) is 29.4 Å². The smallest absolute Gasteiger partial charge is 0.457 e. The minimum absolute atomic E-state index is 0.436. The van der Waals surface area contributed by atoms with Gasteiger partial charge < -0.3 is 19.4 Å². The number of halogens is 3. The molecule has 1 N–H and O–H groups in total. The van der Waals surface area contributed by atoms with Crippen molar-refractivity contribution in [2.45, 2.75) is 25.4 Å². The first kappa shape index (κ1) is 24.0. The van der Waals surface area contributed by atoms with Gasteiger partial charge >= 0.3 is 24.1 Å². The van der Waals surface area contributed by atoms with Crippen molar-refractivity contribution in [1.29, 1.82) is 0 Å². The Balaban J connectivity index is 1.79. The number of esters is 1. The zero-order valence-electron chi connectivity index (χ0n) is 16.8. The number of alkyl halides is 3. The highest BCUT2D eigenvalue weighted by Crippen LogP contribution is 2.29. The number of benzene rings is 1. The van der Waals surface area contributed by atoms with E-state index in [1.54, 1.807) is 12.1 Å². The van der Waals surface area contributed by atoms with E-state index in [-0.39, 0.29) is 0 Å². The van der Waals surface area contributed by atoms with E-state index >= 15 is 0 Å². The van der Waals surface area contributed by atoms with Gasteiger partial charge in [0.2, 0.25) is 6.79 Å². The molecule has 0 amide bonds. The summed E-state index contributed by atoms with van der Waals surface area (Å²) < 4.78 is 46.1. The molecule has 0 aliphatic carbocycles. The van der Waals surface area contributed by atoms with Crippen LogP contribution in [0.2, 0.25) is 0 Å². The molecule has 0 aliphatic heterocycles. The molecule has 0 atom stereocenters. The molecule has 0 fully saturated rings. The highest BCUT2D eigenvalue weighted by Gasteiger charge is 2.43. The van der Waals surface area contributed by atoms with Gasteiger partial charge in [0, 0.05) is 23.6 Å². The van der Waals surface area contributed by atoms with Gasteiger partial charge in [-0.1, -0.05) is 6.07 Å². The van der Waals surface area contributed by atoms with Crippen LogP contribution >= 0.6 is 0 Å². The zero-order valence-corrected chi connectivity index (χ0v) is 16.8.